The predicted molar refractivity (Wildman–Crippen MR) is 115 cm³/mol. The second-order valence-electron chi connectivity index (χ2n) is 9.41. The van der Waals surface area contributed by atoms with Crippen LogP contribution in [0.25, 0.3) is 16.6 Å². The average molecular weight is 393 g/mol. The summed E-state index contributed by atoms with van der Waals surface area (Å²) in [7, 11) is 0. The average Bonchev–Trinajstić information content (AvgIpc) is 3.34. The van der Waals surface area contributed by atoms with E-state index >= 15 is 0 Å². The van der Waals surface area contributed by atoms with E-state index < -0.39 is 0 Å². The Kier molecular flexibility index (Phi) is 3.98. The maximum Gasteiger partial charge on any atom is 0.167 e. The molecule has 3 aromatic rings. The Bertz CT molecular complexity index is 1120. The fraction of sp³-hybridized carbons (Fsp3) is 0.500. The predicted octanol–water partition coefficient (Wildman–Crippen LogP) is 4.15. The maximum atomic E-state index is 12.8. The number of carbonyl (C=O) groups is 1. The molecule has 0 spiro atoms. The summed E-state index contributed by atoms with van der Waals surface area (Å²) in [6.07, 6.45) is 6.24. The number of rotatable bonds is 3. The first-order chi connectivity index (χ1) is 13.8. The zero-order valence-corrected chi connectivity index (χ0v) is 17.3. The minimum absolute atomic E-state index is 0.0677. The van der Waals surface area contributed by atoms with E-state index in [1.165, 1.54) is 25.7 Å². The van der Waals surface area contributed by atoms with Crippen LogP contribution in [0.15, 0.2) is 12.1 Å². The van der Waals surface area contributed by atoms with Crippen LogP contribution in [0.2, 0.25) is 0 Å². The van der Waals surface area contributed by atoms with E-state index in [1.807, 2.05) is 17.7 Å². The Morgan fingerprint density at radius 3 is 2.76 bits per heavy atom. The maximum absolute atomic E-state index is 12.8. The number of nitrogens with zero attached hydrogens (tertiary/aromatic N) is 3. The summed E-state index contributed by atoms with van der Waals surface area (Å²) < 4.78 is 1.94. The third-order valence-electron chi connectivity index (χ3n) is 6.36. The number of nitrogens with two attached hydrogens (primary N) is 1. The van der Waals surface area contributed by atoms with Gasteiger partial charge in [0.25, 0.3) is 0 Å². The number of Topliss-reactive ketones (excluding diaryl/α,β-unsaturated/α-hetero) is 1. The Balaban J connectivity index is 1.67. The molecular weight excluding hydrogens is 364 g/mol. The number of anilines is 2. The van der Waals surface area contributed by atoms with Gasteiger partial charge in [-0.15, -0.1) is 0 Å². The molecule has 29 heavy (non-hydrogen) atoms. The molecule has 2 aromatic heterocycles. The van der Waals surface area contributed by atoms with Gasteiger partial charge in [-0.2, -0.15) is 10.2 Å². The lowest BCUT2D eigenvalue weighted by Crippen LogP contribution is -2.28. The summed E-state index contributed by atoms with van der Waals surface area (Å²) >= 11 is 0. The normalized spacial score (nSPS) is 19.1. The second-order valence-corrected chi connectivity index (χ2v) is 9.41. The lowest BCUT2D eigenvalue weighted by Gasteiger charge is -2.29. The fourth-order valence-corrected chi connectivity index (χ4v) is 5.05. The van der Waals surface area contributed by atoms with Gasteiger partial charge in [-0.05, 0) is 43.7 Å². The number of hydrogen-bond acceptors (Lipinski definition) is 5. The number of fused-ring (bicyclic) bond motifs is 2. The molecule has 1 aromatic carbocycles. The van der Waals surface area contributed by atoms with Crippen molar-refractivity contribution < 1.29 is 4.79 Å². The molecule has 1 saturated carbocycles. The molecule has 0 atom stereocenters. The standard InChI is InChI=1S/C22H28N6O/c1-12-19-17(10-22(2,3)11-18(19)29)28(27-12)14-8-15(24-13-6-4-5-7-13)20-16(9-14)25-26-21(20)23/h8-9,13,24H,4-7,10-11H2,1-3H3,(H3,23,25,26). The van der Waals surface area contributed by atoms with Crippen molar-refractivity contribution in [1.82, 2.24) is 20.0 Å². The van der Waals surface area contributed by atoms with Gasteiger partial charge in [0.15, 0.2) is 11.6 Å². The van der Waals surface area contributed by atoms with Crippen molar-refractivity contribution in [3.8, 4) is 5.69 Å². The molecule has 0 bridgehead atoms. The topological polar surface area (TPSA) is 102 Å². The van der Waals surface area contributed by atoms with Gasteiger partial charge in [0.2, 0.25) is 0 Å². The monoisotopic (exact) mass is 392 g/mol. The van der Waals surface area contributed by atoms with E-state index in [-0.39, 0.29) is 11.2 Å². The van der Waals surface area contributed by atoms with E-state index in [0.29, 0.717) is 18.3 Å². The lowest BCUT2D eigenvalue weighted by molar-refractivity contribution is 0.0910. The smallest absolute Gasteiger partial charge is 0.167 e. The van der Waals surface area contributed by atoms with Crippen LogP contribution in [0, 0.1) is 12.3 Å². The van der Waals surface area contributed by atoms with Crippen LogP contribution in [-0.4, -0.2) is 31.8 Å². The molecule has 0 amide bonds. The van der Waals surface area contributed by atoms with Crippen LogP contribution in [0.1, 0.15) is 67.7 Å². The summed E-state index contributed by atoms with van der Waals surface area (Å²) in [6.45, 7) is 6.22. The highest BCUT2D eigenvalue weighted by atomic mass is 16.1. The van der Waals surface area contributed by atoms with Crippen LogP contribution >= 0.6 is 0 Å². The molecule has 0 aliphatic heterocycles. The van der Waals surface area contributed by atoms with Gasteiger partial charge >= 0.3 is 0 Å². The van der Waals surface area contributed by atoms with Crippen LogP contribution in [0.4, 0.5) is 11.5 Å². The number of carbonyl (C=O) groups excluding carboxylic acids is 1. The highest BCUT2D eigenvalue weighted by Gasteiger charge is 2.36. The lowest BCUT2D eigenvalue weighted by atomic mass is 9.75. The molecular formula is C22H28N6O. The fourth-order valence-electron chi connectivity index (χ4n) is 5.05. The largest absolute Gasteiger partial charge is 0.382 e. The van der Waals surface area contributed by atoms with E-state index in [0.717, 1.165) is 45.6 Å². The second kappa shape index (κ2) is 6.34. The van der Waals surface area contributed by atoms with E-state index in [4.69, 9.17) is 10.8 Å². The summed E-state index contributed by atoms with van der Waals surface area (Å²) in [5.74, 6) is 0.693. The SMILES string of the molecule is Cc1nn(-c2cc(NC3CCCC3)c3c(N)n[nH]c3c2)c2c1C(=O)CC(C)(C)C2. The Morgan fingerprint density at radius 2 is 2.00 bits per heavy atom. The minimum Gasteiger partial charge on any atom is -0.382 e. The minimum atomic E-state index is -0.0677. The zero-order chi connectivity index (χ0) is 20.3. The van der Waals surface area contributed by atoms with Crippen LogP contribution in [0.5, 0.6) is 0 Å². The number of aromatic nitrogens is 4. The van der Waals surface area contributed by atoms with Crippen molar-refractivity contribution in [2.75, 3.05) is 11.1 Å². The van der Waals surface area contributed by atoms with Gasteiger partial charge in [0.1, 0.15) is 0 Å². The first-order valence-electron chi connectivity index (χ1n) is 10.5. The van der Waals surface area contributed by atoms with Crippen LogP contribution in [0.3, 0.4) is 0 Å². The van der Waals surface area contributed by atoms with Crippen LogP contribution in [-0.2, 0) is 6.42 Å². The van der Waals surface area contributed by atoms with Crippen molar-refractivity contribution >= 4 is 28.2 Å². The third kappa shape index (κ3) is 2.99. The zero-order valence-electron chi connectivity index (χ0n) is 17.3. The van der Waals surface area contributed by atoms with Gasteiger partial charge in [-0.3, -0.25) is 9.89 Å². The first-order valence-corrected chi connectivity index (χ1v) is 10.5. The van der Waals surface area contributed by atoms with Crippen molar-refractivity contribution in [1.29, 1.82) is 0 Å². The molecule has 0 radical (unpaired) electrons. The van der Waals surface area contributed by atoms with Crippen molar-refractivity contribution in [3.63, 3.8) is 0 Å². The molecule has 2 aliphatic carbocycles. The van der Waals surface area contributed by atoms with Gasteiger partial charge < -0.3 is 11.1 Å². The summed E-state index contributed by atoms with van der Waals surface area (Å²) in [5, 5.41) is 16.7. The molecule has 2 heterocycles. The third-order valence-corrected chi connectivity index (χ3v) is 6.36. The Labute approximate surface area is 170 Å². The number of H-pyrrole nitrogens is 1. The van der Waals surface area contributed by atoms with Gasteiger partial charge in [-0.25, -0.2) is 4.68 Å². The molecule has 0 unspecified atom stereocenters. The number of nitrogen functional groups attached to an aromatic ring is 1. The first kappa shape index (κ1) is 18.2. The highest BCUT2D eigenvalue weighted by Crippen LogP contribution is 2.38. The highest BCUT2D eigenvalue weighted by molar-refractivity contribution is 6.02. The van der Waals surface area contributed by atoms with Crippen molar-refractivity contribution in [2.45, 2.75) is 65.3 Å². The molecule has 1 fully saturated rings. The number of hydrogen-bond donors (Lipinski definition) is 3. The van der Waals surface area contributed by atoms with E-state index in [1.54, 1.807) is 0 Å². The number of nitrogens with one attached hydrogen (secondary N) is 2. The van der Waals surface area contributed by atoms with E-state index in [9.17, 15) is 4.79 Å². The Hall–Kier alpha value is -2.83. The van der Waals surface area contributed by atoms with Gasteiger partial charge in [0.05, 0.1) is 33.5 Å². The molecule has 152 valence electrons. The molecule has 7 nitrogen and oxygen atoms in total. The van der Waals surface area contributed by atoms with Crippen LogP contribution < -0.4 is 11.1 Å². The molecule has 4 N–H and O–H groups in total. The Morgan fingerprint density at radius 1 is 1.24 bits per heavy atom. The number of aryl methyl sites for hydroxylation is 1. The summed E-state index contributed by atoms with van der Waals surface area (Å²) in [5.41, 5.74) is 11.5. The number of benzene rings is 1. The number of aromatic amines is 1. The molecule has 7 heteroatoms. The number of ketones is 1. The van der Waals surface area contributed by atoms with Gasteiger partial charge in [0, 0.05) is 18.2 Å². The van der Waals surface area contributed by atoms with Crippen molar-refractivity contribution in [2.24, 2.45) is 5.41 Å². The summed E-state index contributed by atoms with van der Waals surface area (Å²) in [4.78, 5) is 12.8. The van der Waals surface area contributed by atoms with E-state index in [2.05, 4.69) is 35.4 Å². The quantitative estimate of drug-likeness (QED) is 0.621. The summed E-state index contributed by atoms with van der Waals surface area (Å²) in [6, 6.07) is 4.58. The van der Waals surface area contributed by atoms with Crippen molar-refractivity contribution in [3.05, 3.63) is 29.1 Å². The molecule has 5 rings (SSSR count). The molecule has 0 saturated heterocycles. The van der Waals surface area contributed by atoms with Gasteiger partial charge in [-0.1, -0.05) is 26.7 Å². The molecule has 2 aliphatic rings.